The number of imidazole rings is 1. The average molecular weight is 353 g/mol. The lowest BCUT2D eigenvalue weighted by atomic mass is 10.00. The number of aliphatic imine (C=N–C) groups is 1. The summed E-state index contributed by atoms with van der Waals surface area (Å²) in [5.74, 6) is -2.26. The van der Waals surface area contributed by atoms with E-state index in [1.165, 1.54) is 0 Å². The molecule has 3 heterocycles. The van der Waals surface area contributed by atoms with Crippen LogP contribution in [0, 0.1) is 17.5 Å². The van der Waals surface area contributed by atoms with E-state index in [4.69, 9.17) is 0 Å². The molecule has 2 aliphatic rings. The monoisotopic (exact) mass is 353 g/mol. The number of hydrogen-bond donors (Lipinski definition) is 0. The van der Waals surface area contributed by atoms with Gasteiger partial charge >= 0.3 is 0 Å². The first-order chi connectivity index (χ1) is 12.6. The molecule has 0 amide bonds. The van der Waals surface area contributed by atoms with Crippen LogP contribution in [0.25, 0.3) is 22.5 Å². The summed E-state index contributed by atoms with van der Waals surface area (Å²) in [4.78, 5) is 8.83. The normalized spacial score (nSPS) is 14.7. The second-order valence-electron chi connectivity index (χ2n) is 6.61. The number of halogens is 3. The van der Waals surface area contributed by atoms with Gasteiger partial charge in [0.2, 0.25) is 0 Å². The molecule has 0 atom stereocenters. The van der Waals surface area contributed by atoms with Gasteiger partial charge in [0.15, 0.2) is 11.6 Å². The van der Waals surface area contributed by atoms with Gasteiger partial charge < -0.3 is 4.57 Å². The summed E-state index contributed by atoms with van der Waals surface area (Å²) in [5, 5.41) is 0. The second kappa shape index (κ2) is 5.56. The molecule has 5 rings (SSSR count). The molecule has 3 nitrogen and oxygen atoms in total. The highest BCUT2D eigenvalue weighted by molar-refractivity contribution is 5.88. The number of benzene rings is 2. The van der Waals surface area contributed by atoms with E-state index < -0.39 is 17.5 Å². The van der Waals surface area contributed by atoms with Crippen LogP contribution in [0.3, 0.4) is 0 Å². The van der Waals surface area contributed by atoms with Crippen LogP contribution in [0.15, 0.2) is 35.3 Å². The summed E-state index contributed by atoms with van der Waals surface area (Å²) >= 11 is 0. The van der Waals surface area contributed by atoms with Crippen molar-refractivity contribution >= 4 is 6.21 Å². The minimum Gasteiger partial charge on any atom is -0.327 e. The van der Waals surface area contributed by atoms with Crippen LogP contribution in [0.2, 0.25) is 0 Å². The number of rotatable bonds is 2. The topological polar surface area (TPSA) is 30.2 Å². The van der Waals surface area contributed by atoms with Crippen molar-refractivity contribution in [2.75, 3.05) is 0 Å². The molecule has 0 unspecified atom stereocenters. The fourth-order valence-corrected chi connectivity index (χ4v) is 3.76. The van der Waals surface area contributed by atoms with Gasteiger partial charge in [0.25, 0.3) is 0 Å². The Bertz CT molecular complexity index is 1080. The molecule has 130 valence electrons. The molecule has 2 aromatic carbocycles. The number of nitrogens with zero attached hydrogens (tertiary/aromatic N) is 3. The van der Waals surface area contributed by atoms with Gasteiger partial charge in [0, 0.05) is 36.4 Å². The maximum absolute atomic E-state index is 14.4. The van der Waals surface area contributed by atoms with Crippen molar-refractivity contribution in [3.63, 3.8) is 0 Å². The van der Waals surface area contributed by atoms with Crippen molar-refractivity contribution in [3.8, 4) is 22.5 Å². The molecule has 0 bridgehead atoms. The lowest BCUT2D eigenvalue weighted by molar-refractivity contribution is 0.496. The van der Waals surface area contributed by atoms with Crippen molar-refractivity contribution in [2.45, 2.75) is 25.9 Å². The Hall–Kier alpha value is -2.89. The van der Waals surface area contributed by atoms with Gasteiger partial charge in [0.05, 0.1) is 17.9 Å². The van der Waals surface area contributed by atoms with Crippen LogP contribution >= 0.6 is 0 Å². The largest absolute Gasteiger partial charge is 0.327 e. The molecular weight excluding hydrogens is 339 g/mol. The van der Waals surface area contributed by atoms with Gasteiger partial charge in [-0.15, -0.1) is 0 Å². The number of hydrogen-bond acceptors (Lipinski definition) is 2. The smallest absolute Gasteiger partial charge is 0.161 e. The molecule has 0 N–H and O–H groups in total. The van der Waals surface area contributed by atoms with E-state index in [0.717, 1.165) is 53.7 Å². The van der Waals surface area contributed by atoms with Crippen LogP contribution in [0.4, 0.5) is 13.2 Å². The molecule has 0 aliphatic carbocycles. The van der Waals surface area contributed by atoms with Crippen molar-refractivity contribution in [2.24, 2.45) is 4.99 Å². The fraction of sp³-hybridized carbons (Fsp3) is 0.200. The Labute approximate surface area is 147 Å². The summed E-state index contributed by atoms with van der Waals surface area (Å²) in [6.45, 7) is 1.43. The summed E-state index contributed by atoms with van der Waals surface area (Å²) < 4.78 is 43.6. The Morgan fingerprint density at radius 3 is 2.69 bits per heavy atom. The van der Waals surface area contributed by atoms with E-state index in [-0.39, 0.29) is 5.56 Å². The van der Waals surface area contributed by atoms with Gasteiger partial charge in [-0.05, 0) is 29.7 Å². The van der Waals surface area contributed by atoms with Crippen LogP contribution in [0.1, 0.15) is 23.4 Å². The summed E-state index contributed by atoms with van der Waals surface area (Å²) in [6.07, 6.45) is 3.56. The van der Waals surface area contributed by atoms with E-state index in [9.17, 15) is 13.2 Å². The van der Waals surface area contributed by atoms with Crippen LogP contribution in [0.5, 0.6) is 0 Å². The summed E-state index contributed by atoms with van der Waals surface area (Å²) in [5.41, 5.74) is 4.10. The highest BCUT2D eigenvalue weighted by Crippen LogP contribution is 2.38. The average Bonchev–Trinajstić information content (AvgIpc) is 3.32. The zero-order valence-corrected chi connectivity index (χ0v) is 13.8. The third-order valence-corrected chi connectivity index (χ3v) is 5.01. The zero-order chi connectivity index (χ0) is 17.8. The SMILES string of the molecule is Fc1cc(F)c(-c2nc3n(c2-c2ccc4c(c2)C=NC4)CCC3)cc1F. The van der Waals surface area contributed by atoms with E-state index in [2.05, 4.69) is 9.98 Å². The van der Waals surface area contributed by atoms with Crippen molar-refractivity contribution < 1.29 is 13.2 Å². The molecule has 6 heteroatoms. The maximum Gasteiger partial charge on any atom is 0.161 e. The Balaban J connectivity index is 1.76. The maximum atomic E-state index is 14.4. The standard InChI is InChI=1S/C20H14F3N3/c21-15-8-17(23)16(22)7-14(15)19-20(26-5-1-2-18(26)25-19)11-3-4-12-9-24-10-13(12)6-11/h3-4,6-8,10H,1-2,5,9H2. The van der Waals surface area contributed by atoms with Gasteiger partial charge in [-0.2, -0.15) is 0 Å². The molecule has 0 saturated carbocycles. The van der Waals surface area contributed by atoms with Crippen molar-refractivity contribution in [3.05, 3.63) is 64.7 Å². The lowest BCUT2D eigenvalue weighted by Crippen LogP contribution is -1.99. The minimum absolute atomic E-state index is 0.0186. The predicted molar refractivity (Wildman–Crippen MR) is 92.6 cm³/mol. The van der Waals surface area contributed by atoms with E-state index in [0.29, 0.717) is 18.3 Å². The molecule has 0 radical (unpaired) electrons. The molecule has 0 fully saturated rings. The second-order valence-corrected chi connectivity index (χ2v) is 6.61. The quantitative estimate of drug-likeness (QED) is 0.623. The molecule has 2 aliphatic heterocycles. The number of aryl methyl sites for hydroxylation is 1. The van der Waals surface area contributed by atoms with E-state index in [1.807, 2.05) is 29.0 Å². The Morgan fingerprint density at radius 2 is 1.81 bits per heavy atom. The molecule has 26 heavy (non-hydrogen) atoms. The third kappa shape index (κ3) is 2.21. The summed E-state index contributed by atoms with van der Waals surface area (Å²) in [7, 11) is 0. The van der Waals surface area contributed by atoms with Crippen molar-refractivity contribution in [1.29, 1.82) is 0 Å². The molecule has 1 aromatic heterocycles. The highest BCUT2D eigenvalue weighted by Gasteiger charge is 2.26. The fourth-order valence-electron chi connectivity index (χ4n) is 3.76. The van der Waals surface area contributed by atoms with Gasteiger partial charge in [-0.25, -0.2) is 18.2 Å². The number of aromatic nitrogens is 2. The van der Waals surface area contributed by atoms with Gasteiger partial charge in [0.1, 0.15) is 11.6 Å². The highest BCUT2D eigenvalue weighted by atomic mass is 19.2. The van der Waals surface area contributed by atoms with Gasteiger partial charge in [-0.1, -0.05) is 12.1 Å². The first-order valence-electron chi connectivity index (χ1n) is 8.49. The summed E-state index contributed by atoms with van der Waals surface area (Å²) in [6, 6.07) is 7.42. The van der Waals surface area contributed by atoms with Crippen LogP contribution in [-0.2, 0) is 19.5 Å². The predicted octanol–water partition coefficient (Wildman–Crippen LogP) is 4.51. The van der Waals surface area contributed by atoms with Crippen LogP contribution in [-0.4, -0.2) is 15.8 Å². The molecule has 0 spiro atoms. The first kappa shape index (κ1) is 15.4. The first-order valence-corrected chi connectivity index (χ1v) is 8.49. The van der Waals surface area contributed by atoms with E-state index >= 15 is 0 Å². The van der Waals surface area contributed by atoms with Crippen LogP contribution < -0.4 is 0 Å². The molecular formula is C20H14F3N3. The van der Waals surface area contributed by atoms with E-state index in [1.54, 1.807) is 0 Å². The third-order valence-electron chi connectivity index (χ3n) is 5.01. The van der Waals surface area contributed by atoms with Gasteiger partial charge in [-0.3, -0.25) is 4.99 Å². The minimum atomic E-state index is -1.20. The number of fused-ring (bicyclic) bond motifs is 2. The van der Waals surface area contributed by atoms with Crippen molar-refractivity contribution in [1.82, 2.24) is 9.55 Å². The lowest BCUT2D eigenvalue weighted by Gasteiger charge is -2.11. The molecule has 0 saturated heterocycles. The Kier molecular flexibility index (Phi) is 3.29. The zero-order valence-electron chi connectivity index (χ0n) is 13.8. The Morgan fingerprint density at radius 1 is 0.962 bits per heavy atom. The molecule has 3 aromatic rings.